The highest BCUT2D eigenvalue weighted by molar-refractivity contribution is 5.49. The molecule has 0 bridgehead atoms. The van der Waals surface area contributed by atoms with Crippen molar-refractivity contribution in [2.75, 3.05) is 12.4 Å². The summed E-state index contributed by atoms with van der Waals surface area (Å²) in [5.41, 5.74) is 1.73. The number of hydrogen-bond donors (Lipinski definition) is 1. The molecule has 1 aromatic carbocycles. The SMILES string of the molecule is COc1ccc(NC(C#N)c2cnn(C(C)C)c2)cc1. The Labute approximate surface area is 118 Å². The molecule has 5 nitrogen and oxygen atoms in total. The highest BCUT2D eigenvalue weighted by atomic mass is 16.5. The zero-order chi connectivity index (χ0) is 14.5. The molecule has 0 aliphatic rings. The van der Waals surface area contributed by atoms with E-state index in [1.54, 1.807) is 13.3 Å². The molecular formula is C15H18N4O. The molecule has 1 heterocycles. The number of hydrogen-bond acceptors (Lipinski definition) is 4. The third-order valence-electron chi connectivity index (χ3n) is 3.01. The highest BCUT2D eigenvalue weighted by Crippen LogP contribution is 2.21. The maximum atomic E-state index is 9.32. The van der Waals surface area contributed by atoms with E-state index >= 15 is 0 Å². The van der Waals surface area contributed by atoms with E-state index in [1.165, 1.54) is 0 Å². The van der Waals surface area contributed by atoms with Crippen molar-refractivity contribution in [2.24, 2.45) is 0 Å². The lowest BCUT2D eigenvalue weighted by atomic mass is 10.1. The van der Waals surface area contributed by atoms with Crippen LogP contribution in [-0.4, -0.2) is 16.9 Å². The molecule has 0 aliphatic heterocycles. The molecule has 0 spiro atoms. The van der Waals surface area contributed by atoms with Gasteiger partial charge in [-0.25, -0.2) is 0 Å². The van der Waals surface area contributed by atoms with Crippen LogP contribution in [0.2, 0.25) is 0 Å². The largest absolute Gasteiger partial charge is 0.497 e. The number of nitrogens with one attached hydrogen (secondary N) is 1. The number of benzene rings is 1. The summed E-state index contributed by atoms with van der Waals surface area (Å²) in [6.45, 7) is 4.10. The predicted octanol–water partition coefficient (Wildman–Crippen LogP) is 3.15. The minimum atomic E-state index is -0.420. The summed E-state index contributed by atoms with van der Waals surface area (Å²) >= 11 is 0. The third-order valence-corrected chi connectivity index (χ3v) is 3.01. The summed E-state index contributed by atoms with van der Waals surface area (Å²) in [5.74, 6) is 0.789. The van der Waals surface area contributed by atoms with Gasteiger partial charge in [-0.2, -0.15) is 10.4 Å². The van der Waals surface area contributed by atoms with Crippen LogP contribution in [0.4, 0.5) is 5.69 Å². The zero-order valence-corrected chi connectivity index (χ0v) is 11.9. The molecule has 104 valence electrons. The fourth-order valence-corrected chi connectivity index (χ4v) is 1.83. The van der Waals surface area contributed by atoms with Crippen LogP contribution < -0.4 is 10.1 Å². The lowest BCUT2D eigenvalue weighted by Gasteiger charge is -2.12. The summed E-state index contributed by atoms with van der Waals surface area (Å²) in [7, 11) is 1.63. The van der Waals surface area contributed by atoms with Gasteiger partial charge in [0.25, 0.3) is 0 Å². The molecule has 0 aliphatic carbocycles. The first-order valence-electron chi connectivity index (χ1n) is 6.48. The molecule has 0 amide bonds. The second kappa shape index (κ2) is 6.11. The molecule has 0 saturated heterocycles. The van der Waals surface area contributed by atoms with Gasteiger partial charge in [-0.15, -0.1) is 0 Å². The van der Waals surface area contributed by atoms with Crippen LogP contribution in [0, 0.1) is 11.3 Å². The first-order chi connectivity index (χ1) is 9.63. The minimum absolute atomic E-state index is 0.282. The van der Waals surface area contributed by atoms with Crippen molar-refractivity contribution < 1.29 is 4.74 Å². The minimum Gasteiger partial charge on any atom is -0.497 e. The van der Waals surface area contributed by atoms with Crippen LogP contribution >= 0.6 is 0 Å². The maximum absolute atomic E-state index is 9.32. The van der Waals surface area contributed by atoms with E-state index in [0.29, 0.717) is 0 Å². The lowest BCUT2D eigenvalue weighted by molar-refractivity contribution is 0.415. The molecule has 1 N–H and O–H groups in total. The van der Waals surface area contributed by atoms with Crippen molar-refractivity contribution in [3.05, 3.63) is 42.2 Å². The number of ether oxygens (including phenoxy) is 1. The fourth-order valence-electron chi connectivity index (χ4n) is 1.83. The average Bonchev–Trinajstić information content (AvgIpc) is 2.95. The van der Waals surface area contributed by atoms with Crippen molar-refractivity contribution in [3.63, 3.8) is 0 Å². The van der Waals surface area contributed by atoms with Crippen LogP contribution in [0.25, 0.3) is 0 Å². The van der Waals surface area contributed by atoms with Gasteiger partial charge in [-0.3, -0.25) is 4.68 Å². The van der Waals surface area contributed by atoms with Crippen molar-refractivity contribution in [1.82, 2.24) is 9.78 Å². The molecule has 1 atom stereocenters. The van der Waals surface area contributed by atoms with E-state index in [-0.39, 0.29) is 6.04 Å². The first-order valence-corrected chi connectivity index (χ1v) is 6.48. The summed E-state index contributed by atoms with van der Waals surface area (Å²) < 4.78 is 6.95. The maximum Gasteiger partial charge on any atom is 0.143 e. The average molecular weight is 270 g/mol. The van der Waals surface area contributed by atoms with Gasteiger partial charge in [0, 0.05) is 23.5 Å². The highest BCUT2D eigenvalue weighted by Gasteiger charge is 2.13. The standard InChI is InChI=1S/C15H18N4O/c1-11(2)19-10-12(9-17-19)15(8-16)18-13-4-6-14(20-3)7-5-13/h4-7,9-11,15,18H,1-3H3. The predicted molar refractivity (Wildman–Crippen MR) is 77.6 cm³/mol. The summed E-state index contributed by atoms with van der Waals surface area (Å²) in [5, 5.41) is 16.8. The van der Waals surface area contributed by atoms with Crippen LogP contribution in [0.5, 0.6) is 5.75 Å². The number of nitriles is 1. The number of methoxy groups -OCH3 is 1. The Morgan fingerprint density at radius 2 is 2.00 bits per heavy atom. The van der Waals surface area contributed by atoms with E-state index < -0.39 is 6.04 Å². The number of aromatic nitrogens is 2. The fraction of sp³-hybridized carbons (Fsp3) is 0.333. The van der Waals surface area contributed by atoms with Crippen LogP contribution in [0.15, 0.2) is 36.7 Å². The summed E-state index contributed by atoms with van der Waals surface area (Å²) in [6, 6.07) is 9.59. The van der Waals surface area contributed by atoms with Gasteiger partial charge >= 0.3 is 0 Å². The molecular weight excluding hydrogens is 252 g/mol. The molecule has 1 aromatic heterocycles. The van der Waals surface area contributed by atoms with Crippen LogP contribution in [-0.2, 0) is 0 Å². The van der Waals surface area contributed by atoms with Crippen molar-refractivity contribution in [1.29, 1.82) is 5.26 Å². The topological polar surface area (TPSA) is 62.9 Å². The zero-order valence-electron chi connectivity index (χ0n) is 11.9. The Hall–Kier alpha value is -2.48. The van der Waals surface area contributed by atoms with E-state index in [2.05, 4.69) is 30.3 Å². The Morgan fingerprint density at radius 1 is 1.30 bits per heavy atom. The van der Waals surface area contributed by atoms with Crippen LogP contribution in [0.3, 0.4) is 0 Å². The van der Waals surface area contributed by atoms with Crippen molar-refractivity contribution in [2.45, 2.75) is 25.9 Å². The number of rotatable bonds is 5. The molecule has 20 heavy (non-hydrogen) atoms. The molecule has 2 rings (SSSR count). The summed E-state index contributed by atoms with van der Waals surface area (Å²) in [4.78, 5) is 0. The molecule has 1 unspecified atom stereocenters. The second-order valence-corrected chi connectivity index (χ2v) is 4.78. The quantitative estimate of drug-likeness (QED) is 0.906. The monoisotopic (exact) mass is 270 g/mol. The number of nitrogens with zero attached hydrogens (tertiary/aromatic N) is 3. The van der Waals surface area contributed by atoms with Gasteiger partial charge < -0.3 is 10.1 Å². The van der Waals surface area contributed by atoms with E-state index in [0.717, 1.165) is 17.0 Å². The van der Waals surface area contributed by atoms with Gasteiger partial charge in [0.2, 0.25) is 0 Å². The molecule has 0 radical (unpaired) electrons. The van der Waals surface area contributed by atoms with E-state index in [9.17, 15) is 5.26 Å². The first kappa shape index (κ1) is 13.9. The Bertz CT molecular complexity index is 595. The molecule has 2 aromatic rings. The molecule has 0 fully saturated rings. The summed E-state index contributed by atoms with van der Waals surface area (Å²) in [6.07, 6.45) is 3.62. The van der Waals surface area contributed by atoms with Gasteiger partial charge in [-0.1, -0.05) is 0 Å². The normalized spacial score (nSPS) is 11.9. The second-order valence-electron chi connectivity index (χ2n) is 4.78. The van der Waals surface area contributed by atoms with Crippen LogP contribution in [0.1, 0.15) is 31.5 Å². The number of anilines is 1. The Morgan fingerprint density at radius 3 is 2.50 bits per heavy atom. The van der Waals surface area contributed by atoms with E-state index in [1.807, 2.05) is 35.1 Å². The van der Waals surface area contributed by atoms with E-state index in [4.69, 9.17) is 4.74 Å². The Kier molecular flexibility index (Phi) is 4.26. The molecule has 5 heteroatoms. The molecule has 0 saturated carbocycles. The Balaban J connectivity index is 2.13. The smallest absolute Gasteiger partial charge is 0.143 e. The van der Waals surface area contributed by atoms with Gasteiger partial charge in [0.1, 0.15) is 11.8 Å². The van der Waals surface area contributed by atoms with Gasteiger partial charge in [0.05, 0.1) is 19.4 Å². The third kappa shape index (κ3) is 3.09. The lowest BCUT2D eigenvalue weighted by Crippen LogP contribution is -2.08. The van der Waals surface area contributed by atoms with Gasteiger partial charge in [0.15, 0.2) is 0 Å². The van der Waals surface area contributed by atoms with Gasteiger partial charge in [-0.05, 0) is 38.1 Å². The van der Waals surface area contributed by atoms with Crippen molar-refractivity contribution >= 4 is 5.69 Å². The van der Waals surface area contributed by atoms with Crippen molar-refractivity contribution in [3.8, 4) is 11.8 Å².